The van der Waals surface area contributed by atoms with E-state index in [-0.39, 0.29) is 0 Å². The van der Waals surface area contributed by atoms with Gasteiger partial charge in [-0.05, 0) is 29.7 Å². The van der Waals surface area contributed by atoms with Crippen molar-refractivity contribution in [3.63, 3.8) is 0 Å². The third-order valence-electron chi connectivity index (χ3n) is 2.50. The Morgan fingerprint density at radius 3 is 3.27 bits per heavy atom. The van der Waals surface area contributed by atoms with Gasteiger partial charge in [0.2, 0.25) is 0 Å². The van der Waals surface area contributed by atoms with Crippen LogP contribution in [0.1, 0.15) is 4.88 Å². The number of nitrogens with zero attached hydrogens (tertiary/aromatic N) is 1. The van der Waals surface area contributed by atoms with Gasteiger partial charge < -0.3 is 4.90 Å². The summed E-state index contributed by atoms with van der Waals surface area (Å²) < 4.78 is 0. The largest absolute Gasteiger partial charge is 0.342 e. The molecule has 0 saturated carbocycles. The van der Waals surface area contributed by atoms with Gasteiger partial charge in [0.25, 0.3) is 0 Å². The summed E-state index contributed by atoms with van der Waals surface area (Å²) in [7, 11) is 0. The molecule has 0 aliphatic carbocycles. The molecule has 0 radical (unpaired) electrons. The number of hydrogen-bond donors (Lipinski definition) is 0. The van der Waals surface area contributed by atoms with Crippen molar-refractivity contribution in [2.45, 2.75) is 6.54 Å². The second-order valence-corrected chi connectivity index (χ2v) is 5.57. The van der Waals surface area contributed by atoms with Crippen LogP contribution in [0.3, 0.4) is 0 Å². The summed E-state index contributed by atoms with van der Waals surface area (Å²) in [4.78, 5) is 5.16. The summed E-state index contributed by atoms with van der Waals surface area (Å²) in [6, 6.07) is 4.31. The van der Waals surface area contributed by atoms with Crippen LogP contribution in [0.15, 0.2) is 52.5 Å². The first kappa shape index (κ1) is 9.31. The maximum absolute atomic E-state index is 2.33. The highest BCUT2D eigenvalue weighted by Gasteiger charge is 2.19. The van der Waals surface area contributed by atoms with E-state index >= 15 is 0 Å². The molecule has 0 amide bonds. The van der Waals surface area contributed by atoms with Gasteiger partial charge in [-0.3, -0.25) is 0 Å². The van der Waals surface area contributed by atoms with Gasteiger partial charge in [0.05, 0.1) is 12.2 Å². The van der Waals surface area contributed by atoms with E-state index in [1.807, 2.05) is 23.1 Å². The Morgan fingerprint density at radius 1 is 1.40 bits per heavy atom. The molecule has 1 nitrogen and oxygen atoms in total. The second kappa shape index (κ2) is 3.91. The lowest BCUT2D eigenvalue weighted by atomic mass is 10.2. The van der Waals surface area contributed by atoms with E-state index in [0.717, 1.165) is 12.3 Å². The number of thiophene rings is 1. The lowest BCUT2D eigenvalue weighted by Gasteiger charge is -2.24. The quantitative estimate of drug-likeness (QED) is 0.768. The van der Waals surface area contributed by atoms with Crippen molar-refractivity contribution in [2.24, 2.45) is 0 Å². The smallest absolute Gasteiger partial charge is 0.0569 e. The predicted molar refractivity (Wildman–Crippen MR) is 67.6 cm³/mol. The Hall–Kier alpha value is -0.930. The van der Waals surface area contributed by atoms with Gasteiger partial charge in [0.15, 0.2) is 0 Å². The molecule has 2 aliphatic heterocycles. The molecule has 15 heavy (non-hydrogen) atoms. The maximum atomic E-state index is 2.33. The van der Waals surface area contributed by atoms with Crippen LogP contribution in [0, 0.1) is 0 Å². The lowest BCUT2D eigenvalue weighted by molar-refractivity contribution is 0.473. The van der Waals surface area contributed by atoms with Crippen molar-refractivity contribution in [1.82, 2.24) is 4.90 Å². The van der Waals surface area contributed by atoms with Gasteiger partial charge in [-0.25, -0.2) is 0 Å². The number of fused-ring (bicyclic) bond motifs is 1. The Balaban J connectivity index is 1.83. The van der Waals surface area contributed by atoms with Gasteiger partial charge in [0, 0.05) is 21.7 Å². The van der Waals surface area contributed by atoms with Crippen LogP contribution in [0.2, 0.25) is 0 Å². The fraction of sp³-hybridized carbons (Fsp3) is 0.167. The van der Waals surface area contributed by atoms with Gasteiger partial charge in [-0.2, -0.15) is 0 Å². The van der Waals surface area contributed by atoms with Crippen molar-refractivity contribution in [1.29, 1.82) is 0 Å². The minimum absolute atomic E-state index is 0.998. The molecule has 0 bridgehead atoms. The topological polar surface area (TPSA) is 3.24 Å². The summed E-state index contributed by atoms with van der Waals surface area (Å²) in [5.74, 6) is 1.11. The predicted octanol–water partition coefficient (Wildman–Crippen LogP) is 3.59. The van der Waals surface area contributed by atoms with Gasteiger partial charge >= 0.3 is 0 Å². The number of allylic oxidation sites excluding steroid dienone is 2. The average Bonchev–Trinajstić information content (AvgIpc) is 2.87. The highest BCUT2D eigenvalue weighted by Crippen LogP contribution is 2.36. The van der Waals surface area contributed by atoms with Crippen molar-refractivity contribution in [3.05, 3.63) is 57.4 Å². The molecule has 0 spiro atoms. The van der Waals surface area contributed by atoms with E-state index in [4.69, 9.17) is 0 Å². The van der Waals surface area contributed by atoms with Gasteiger partial charge in [-0.1, -0.05) is 6.07 Å². The third kappa shape index (κ3) is 1.77. The van der Waals surface area contributed by atoms with Crippen LogP contribution in [-0.2, 0) is 6.54 Å². The fourth-order valence-electron chi connectivity index (χ4n) is 1.80. The van der Waals surface area contributed by atoms with Crippen LogP contribution in [0.5, 0.6) is 0 Å². The molecule has 0 atom stereocenters. The number of thioether (sulfide) groups is 1. The number of rotatable bonds is 2. The molecule has 0 unspecified atom stereocenters. The normalized spacial score (nSPS) is 18.8. The monoisotopic (exact) mass is 233 g/mol. The molecular formula is C12H11NS2. The Labute approximate surface area is 97.8 Å². The minimum atomic E-state index is 0.998. The van der Waals surface area contributed by atoms with Crippen LogP contribution >= 0.6 is 23.1 Å². The van der Waals surface area contributed by atoms with Crippen molar-refractivity contribution in [2.75, 3.05) is 5.75 Å². The Kier molecular flexibility index (Phi) is 2.43. The minimum Gasteiger partial charge on any atom is -0.342 e. The Morgan fingerprint density at radius 2 is 2.40 bits per heavy atom. The zero-order valence-corrected chi connectivity index (χ0v) is 9.85. The third-order valence-corrected chi connectivity index (χ3v) is 4.35. The van der Waals surface area contributed by atoms with Crippen molar-refractivity contribution >= 4 is 23.1 Å². The van der Waals surface area contributed by atoms with Crippen LogP contribution < -0.4 is 0 Å². The van der Waals surface area contributed by atoms with E-state index in [9.17, 15) is 0 Å². The lowest BCUT2D eigenvalue weighted by Crippen LogP contribution is -2.16. The van der Waals surface area contributed by atoms with Gasteiger partial charge in [-0.15, -0.1) is 23.1 Å². The van der Waals surface area contributed by atoms with Crippen molar-refractivity contribution in [3.8, 4) is 0 Å². The first-order chi connectivity index (χ1) is 7.43. The second-order valence-electron chi connectivity index (χ2n) is 3.48. The first-order valence-electron chi connectivity index (χ1n) is 4.94. The molecule has 0 N–H and O–H groups in total. The molecule has 0 aromatic carbocycles. The zero-order chi connectivity index (χ0) is 10.1. The summed E-state index contributed by atoms with van der Waals surface area (Å²) >= 11 is 3.74. The van der Waals surface area contributed by atoms with E-state index < -0.39 is 0 Å². The van der Waals surface area contributed by atoms with E-state index in [1.54, 1.807) is 0 Å². The summed E-state index contributed by atoms with van der Waals surface area (Å²) in [6.45, 7) is 0.998. The zero-order valence-electron chi connectivity index (χ0n) is 8.22. The van der Waals surface area contributed by atoms with E-state index in [0.29, 0.717) is 0 Å². The molecule has 3 heterocycles. The fourth-order valence-corrected chi connectivity index (χ4v) is 3.45. The molecule has 76 valence electrons. The van der Waals surface area contributed by atoms with E-state index in [1.165, 1.54) is 15.5 Å². The average molecular weight is 233 g/mol. The van der Waals surface area contributed by atoms with Crippen LogP contribution in [0.25, 0.3) is 0 Å². The molecule has 3 heteroatoms. The molecule has 1 aromatic heterocycles. The van der Waals surface area contributed by atoms with E-state index in [2.05, 4.69) is 46.8 Å². The van der Waals surface area contributed by atoms with Crippen LogP contribution in [0.4, 0.5) is 0 Å². The molecule has 0 fully saturated rings. The molecule has 2 aliphatic rings. The maximum Gasteiger partial charge on any atom is 0.0569 e. The highest BCUT2D eigenvalue weighted by atomic mass is 32.2. The molecule has 0 saturated heterocycles. The summed E-state index contributed by atoms with van der Waals surface area (Å²) in [6.07, 6.45) is 8.82. The Bertz CT molecular complexity index is 440. The highest BCUT2D eigenvalue weighted by molar-refractivity contribution is 8.03. The molecule has 1 aromatic rings. The SMILES string of the molecule is C1=CN(Cc2cccs2)C2=CCSC2=C1. The molecular weight excluding hydrogens is 222 g/mol. The number of hydrogen-bond acceptors (Lipinski definition) is 3. The first-order valence-corrected chi connectivity index (χ1v) is 6.81. The van der Waals surface area contributed by atoms with Gasteiger partial charge in [0.1, 0.15) is 0 Å². The van der Waals surface area contributed by atoms with Crippen molar-refractivity contribution < 1.29 is 0 Å². The molecule has 3 rings (SSSR count). The van der Waals surface area contributed by atoms with Crippen LogP contribution in [-0.4, -0.2) is 10.7 Å². The summed E-state index contributed by atoms with van der Waals surface area (Å²) in [5, 5.41) is 2.14. The summed E-state index contributed by atoms with van der Waals surface area (Å²) in [5.41, 5.74) is 1.39. The standard InChI is InChI=1S/C12H11NS2/c1-4-12-11(5-8-15-12)13(6-1)9-10-3-2-7-14-10/h1-7H,8-9H2.